The molecule has 0 bridgehead atoms. The lowest BCUT2D eigenvalue weighted by molar-refractivity contribution is -0.123. The number of pyridine rings is 1. The Morgan fingerprint density at radius 2 is 2.24 bits per heavy atom. The van der Waals surface area contributed by atoms with Crippen LogP contribution in [-0.2, 0) is 11.3 Å². The van der Waals surface area contributed by atoms with Gasteiger partial charge in [-0.25, -0.2) is 0 Å². The highest BCUT2D eigenvalue weighted by molar-refractivity contribution is 5.77. The molecule has 0 aliphatic rings. The van der Waals surface area contributed by atoms with Crippen molar-refractivity contribution in [2.45, 2.75) is 33.2 Å². The van der Waals surface area contributed by atoms with Gasteiger partial charge in [0.1, 0.15) is 5.75 Å². The van der Waals surface area contributed by atoms with Crippen LogP contribution in [0.2, 0.25) is 0 Å². The lowest BCUT2D eigenvalue weighted by Gasteiger charge is -2.12. The van der Waals surface area contributed by atoms with E-state index in [1.807, 2.05) is 25.1 Å². The van der Waals surface area contributed by atoms with E-state index in [1.54, 1.807) is 0 Å². The molecule has 6 heteroatoms. The van der Waals surface area contributed by atoms with Crippen LogP contribution in [-0.4, -0.2) is 30.6 Å². The molecule has 1 aromatic rings. The number of hydrogen-bond donors (Lipinski definition) is 2. The van der Waals surface area contributed by atoms with E-state index < -0.39 is 0 Å². The average Bonchev–Trinajstić information content (AvgIpc) is 2.47. The molecule has 0 spiro atoms. The number of aromatic nitrogens is 1. The standard InChI is InChI=1S/C15H22N4O2/c1-3-8-17-10-13-14(6-5-12(2)19-13)21-11-15(20)18-9-4-7-16/h5-6,17H,3-4,8-11H2,1-2H3,(H,18,20). The molecule has 1 amide bonds. The number of nitriles is 1. The zero-order valence-corrected chi connectivity index (χ0v) is 12.6. The number of nitrogens with one attached hydrogen (secondary N) is 2. The van der Waals surface area contributed by atoms with Gasteiger partial charge in [0.05, 0.1) is 18.2 Å². The smallest absolute Gasteiger partial charge is 0.257 e. The number of ether oxygens (including phenoxy) is 1. The van der Waals surface area contributed by atoms with Crippen molar-refractivity contribution < 1.29 is 9.53 Å². The van der Waals surface area contributed by atoms with Crippen molar-refractivity contribution >= 4 is 5.91 Å². The van der Waals surface area contributed by atoms with E-state index in [9.17, 15) is 4.79 Å². The summed E-state index contributed by atoms with van der Waals surface area (Å²) in [5, 5.41) is 14.3. The van der Waals surface area contributed by atoms with Gasteiger partial charge in [-0.3, -0.25) is 9.78 Å². The normalized spacial score (nSPS) is 9.95. The molecule has 0 fully saturated rings. The highest BCUT2D eigenvalue weighted by Crippen LogP contribution is 2.16. The predicted molar refractivity (Wildman–Crippen MR) is 79.7 cm³/mol. The van der Waals surface area contributed by atoms with Crippen molar-refractivity contribution in [3.8, 4) is 11.8 Å². The van der Waals surface area contributed by atoms with E-state index in [-0.39, 0.29) is 12.5 Å². The Kier molecular flexibility index (Phi) is 7.84. The van der Waals surface area contributed by atoms with Crippen molar-refractivity contribution in [3.63, 3.8) is 0 Å². The van der Waals surface area contributed by atoms with Crippen LogP contribution in [0.3, 0.4) is 0 Å². The van der Waals surface area contributed by atoms with Crippen molar-refractivity contribution in [2.75, 3.05) is 19.7 Å². The van der Waals surface area contributed by atoms with Gasteiger partial charge in [-0.15, -0.1) is 0 Å². The van der Waals surface area contributed by atoms with Crippen LogP contribution < -0.4 is 15.4 Å². The number of nitrogens with zero attached hydrogens (tertiary/aromatic N) is 2. The summed E-state index contributed by atoms with van der Waals surface area (Å²) in [4.78, 5) is 16.0. The van der Waals surface area contributed by atoms with E-state index >= 15 is 0 Å². The van der Waals surface area contributed by atoms with Gasteiger partial charge in [0.25, 0.3) is 5.91 Å². The first kappa shape index (κ1) is 16.9. The first-order valence-electron chi connectivity index (χ1n) is 7.11. The summed E-state index contributed by atoms with van der Waals surface area (Å²) in [6.45, 7) is 5.80. The molecule has 0 saturated carbocycles. The van der Waals surface area contributed by atoms with Gasteiger partial charge in [-0.2, -0.15) is 5.26 Å². The van der Waals surface area contributed by atoms with Crippen LogP contribution in [0.5, 0.6) is 5.75 Å². The fraction of sp³-hybridized carbons (Fsp3) is 0.533. The van der Waals surface area contributed by atoms with E-state index in [2.05, 4.69) is 22.5 Å². The number of rotatable bonds is 9. The lowest BCUT2D eigenvalue weighted by Crippen LogP contribution is -2.29. The zero-order chi connectivity index (χ0) is 15.5. The molecular formula is C15H22N4O2. The molecule has 0 radical (unpaired) electrons. The zero-order valence-electron chi connectivity index (χ0n) is 12.6. The molecule has 1 aromatic heterocycles. The molecule has 1 heterocycles. The number of amides is 1. The van der Waals surface area contributed by atoms with Gasteiger partial charge < -0.3 is 15.4 Å². The van der Waals surface area contributed by atoms with Crippen molar-refractivity contribution in [1.82, 2.24) is 15.6 Å². The Hall–Kier alpha value is -2.13. The molecule has 0 aliphatic carbocycles. The minimum absolute atomic E-state index is 0.0725. The maximum absolute atomic E-state index is 11.5. The maximum Gasteiger partial charge on any atom is 0.257 e. The first-order valence-corrected chi connectivity index (χ1v) is 7.11. The Morgan fingerprint density at radius 1 is 1.43 bits per heavy atom. The number of aryl methyl sites for hydroxylation is 1. The lowest BCUT2D eigenvalue weighted by atomic mass is 10.2. The molecule has 0 aromatic carbocycles. The molecule has 0 unspecified atom stereocenters. The monoisotopic (exact) mass is 290 g/mol. The fourth-order valence-corrected chi connectivity index (χ4v) is 1.69. The summed E-state index contributed by atoms with van der Waals surface area (Å²) in [5.41, 5.74) is 1.71. The summed E-state index contributed by atoms with van der Waals surface area (Å²) >= 11 is 0. The highest BCUT2D eigenvalue weighted by Gasteiger charge is 2.08. The molecule has 2 N–H and O–H groups in total. The second kappa shape index (κ2) is 9.72. The molecule has 21 heavy (non-hydrogen) atoms. The summed E-state index contributed by atoms with van der Waals surface area (Å²) in [6, 6.07) is 5.65. The molecule has 114 valence electrons. The summed E-state index contributed by atoms with van der Waals surface area (Å²) in [6.07, 6.45) is 1.34. The van der Waals surface area contributed by atoms with Crippen molar-refractivity contribution in [1.29, 1.82) is 5.26 Å². The van der Waals surface area contributed by atoms with Crippen molar-refractivity contribution in [3.05, 3.63) is 23.5 Å². The van der Waals surface area contributed by atoms with Gasteiger partial charge >= 0.3 is 0 Å². The second-order valence-electron chi connectivity index (χ2n) is 4.62. The van der Waals surface area contributed by atoms with Crippen LogP contribution in [0.15, 0.2) is 12.1 Å². The van der Waals surface area contributed by atoms with Crippen LogP contribution >= 0.6 is 0 Å². The van der Waals surface area contributed by atoms with Crippen LogP contribution in [0, 0.1) is 18.3 Å². The third-order valence-corrected chi connectivity index (χ3v) is 2.71. The average molecular weight is 290 g/mol. The van der Waals surface area contributed by atoms with E-state index in [1.165, 1.54) is 0 Å². The third kappa shape index (κ3) is 6.72. The molecule has 1 rings (SSSR count). The Balaban J connectivity index is 2.53. The topological polar surface area (TPSA) is 87.0 Å². The van der Waals surface area contributed by atoms with E-state index in [0.29, 0.717) is 25.3 Å². The van der Waals surface area contributed by atoms with E-state index in [4.69, 9.17) is 10.00 Å². The summed E-state index contributed by atoms with van der Waals surface area (Å²) < 4.78 is 5.52. The second-order valence-corrected chi connectivity index (χ2v) is 4.62. The van der Waals surface area contributed by atoms with Crippen LogP contribution in [0.4, 0.5) is 0 Å². The predicted octanol–water partition coefficient (Wildman–Crippen LogP) is 1.30. The highest BCUT2D eigenvalue weighted by atomic mass is 16.5. The quantitative estimate of drug-likeness (QED) is 0.669. The molecule has 6 nitrogen and oxygen atoms in total. The van der Waals surface area contributed by atoms with Gasteiger partial charge in [0.2, 0.25) is 0 Å². The molecule has 0 atom stereocenters. The third-order valence-electron chi connectivity index (χ3n) is 2.71. The largest absolute Gasteiger partial charge is 0.482 e. The Morgan fingerprint density at radius 3 is 2.95 bits per heavy atom. The van der Waals surface area contributed by atoms with Crippen molar-refractivity contribution in [2.24, 2.45) is 0 Å². The summed E-state index contributed by atoms with van der Waals surface area (Å²) in [7, 11) is 0. The minimum Gasteiger partial charge on any atom is -0.482 e. The van der Waals surface area contributed by atoms with Gasteiger partial charge in [0, 0.05) is 18.8 Å². The molecule has 0 saturated heterocycles. The number of hydrogen-bond acceptors (Lipinski definition) is 5. The minimum atomic E-state index is -0.238. The molecular weight excluding hydrogens is 268 g/mol. The Bertz CT molecular complexity index is 497. The summed E-state index contributed by atoms with van der Waals surface area (Å²) in [5.74, 6) is 0.373. The SMILES string of the molecule is CCCNCc1nc(C)ccc1OCC(=O)NCCC#N. The Labute approximate surface area is 125 Å². The fourth-order valence-electron chi connectivity index (χ4n) is 1.69. The van der Waals surface area contributed by atoms with Gasteiger partial charge in [-0.05, 0) is 32.0 Å². The number of carbonyl (C=O) groups is 1. The maximum atomic E-state index is 11.5. The molecule has 0 aliphatic heterocycles. The van der Waals surface area contributed by atoms with Crippen LogP contribution in [0.1, 0.15) is 31.2 Å². The first-order chi connectivity index (χ1) is 10.2. The van der Waals surface area contributed by atoms with Gasteiger partial charge in [0.15, 0.2) is 6.61 Å². The van der Waals surface area contributed by atoms with E-state index in [0.717, 1.165) is 24.4 Å². The van der Waals surface area contributed by atoms with Gasteiger partial charge in [-0.1, -0.05) is 6.92 Å². The number of carbonyl (C=O) groups excluding carboxylic acids is 1. The van der Waals surface area contributed by atoms with Crippen LogP contribution in [0.25, 0.3) is 0 Å².